The van der Waals surface area contributed by atoms with Crippen LogP contribution >= 0.6 is 11.8 Å². The first-order valence-electron chi connectivity index (χ1n) is 9.56. The summed E-state index contributed by atoms with van der Waals surface area (Å²) in [5.41, 5.74) is 1.29. The molecular weight excluding hydrogens is 434 g/mol. The average molecular weight is 458 g/mol. The van der Waals surface area contributed by atoms with Crippen LogP contribution in [0.2, 0.25) is 0 Å². The summed E-state index contributed by atoms with van der Waals surface area (Å²) in [6.07, 6.45) is 1.48. The third kappa shape index (κ3) is 4.97. The molecule has 1 aromatic heterocycles. The number of hydrogen-bond donors (Lipinski definition) is 2. The van der Waals surface area contributed by atoms with Gasteiger partial charge in [-0.2, -0.15) is 0 Å². The number of thioether (sulfide) groups is 1. The van der Waals surface area contributed by atoms with E-state index in [4.69, 9.17) is 14.2 Å². The summed E-state index contributed by atoms with van der Waals surface area (Å²) < 4.78 is 17.6. The zero-order chi connectivity index (χ0) is 23.3. The summed E-state index contributed by atoms with van der Waals surface area (Å²) in [6.45, 7) is 2.44. The molecule has 168 valence electrons. The number of phenolic OH excluding ortho intramolecular Hbond substituents is 1. The number of methoxy groups -OCH3 is 3. The van der Waals surface area contributed by atoms with E-state index in [0.29, 0.717) is 34.6 Å². The lowest BCUT2D eigenvalue weighted by Gasteiger charge is -2.10. The van der Waals surface area contributed by atoms with Gasteiger partial charge in [-0.05, 0) is 54.6 Å². The maximum Gasteiger partial charge on any atom is 0.342 e. The van der Waals surface area contributed by atoms with Crippen LogP contribution in [0.5, 0.6) is 23.0 Å². The van der Waals surface area contributed by atoms with E-state index < -0.39 is 5.97 Å². The number of carboxylic acid groups (broad SMARTS) is 1. The van der Waals surface area contributed by atoms with E-state index in [1.165, 1.54) is 19.3 Å². The number of aromatic nitrogens is 3. The van der Waals surface area contributed by atoms with Crippen LogP contribution in [0, 0.1) is 0 Å². The van der Waals surface area contributed by atoms with E-state index >= 15 is 0 Å². The minimum absolute atomic E-state index is 0.0294. The van der Waals surface area contributed by atoms with Gasteiger partial charge in [0.15, 0.2) is 22.5 Å². The summed E-state index contributed by atoms with van der Waals surface area (Å²) in [6, 6.07) is 9.96. The number of carbonyl (C=O) groups is 1. The van der Waals surface area contributed by atoms with Gasteiger partial charge in [0.1, 0.15) is 16.4 Å². The van der Waals surface area contributed by atoms with Crippen LogP contribution in [0.1, 0.15) is 12.5 Å². The molecule has 0 fully saturated rings. The molecule has 0 saturated carbocycles. The lowest BCUT2D eigenvalue weighted by Crippen LogP contribution is -2.03. The number of rotatable bonds is 9. The van der Waals surface area contributed by atoms with Crippen molar-refractivity contribution in [1.29, 1.82) is 0 Å². The van der Waals surface area contributed by atoms with Gasteiger partial charge in [-0.25, -0.2) is 4.79 Å². The predicted octanol–water partition coefficient (Wildman–Crippen LogP) is 3.91. The highest BCUT2D eigenvalue weighted by Gasteiger charge is 2.19. The Balaban J connectivity index is 2.00. The molecule has 0 aliphatic carbocycles. The van der Waals surface area contributed by atoms with Gasteiger partial charge in [-0.1, -0.05) is 6.07 Å². The highest BCUT2D eigenvalue weighted by Crippen LogP contribution is 2.34. The highest BCUT2D eigenvalue weighted by molar-refractivity contribution is 8.04. The van der Waals surface area contributed by atoms with E-state index in [-0.39, 0.29) is 16.4 Å². The van der Waals surface area contributed by atoms with E-state index in [9.17, 15) is 15.0 Å². The fourth-order valence-electron chi connectivity index (χ4n) is 2.97. The minimum atomic E-state index is -1.11. The van der Waals surface area contributed by atoms with Gasteiger partial charge in [0.2, 0.25) is 0 Å². The summed E-state index contributed by atoms with van der Waals surface area (Å²) in [5, 5.41) is 28.4. The van der Waals surface area contributed by atoms with Crippen LogP contribution in [0.3, 0.4) is 0 Å². The first kappa shape index (κ1) is 23.0. The quantitative estimate of drug-likeness (QED) is 0.364. The van der Waals surface area contributed by atoms with Crippen molar-refractivity contribution >= 4 is 23.8 Å². The third-order valence-electron chi connectivity index (χ3n) is 4.56. The summed E-state index contributed by atoms with van der Waals surface area (Å²) in [7, 11) is 4.55. The van der Waals surface area contributed by atoms with Gasteiger partial charge in [0.25, 0.3) is 0 Å². The Morgan fingerprint density at radius 3 is 2.31 bits per heavy atom. The number of hydrogen-bond acceptors (Lipinski definition) is 8. The summed E-state index contributed by atoms with van der Waals surface area (Å²) in [4.78, 5) is 11.9. The van der Waals surface area contributed by atoms with Crippen molar-refractivity contribution in [2.75, 3.05) is 21.3 Å². The standard InChI is InChI=1S/C22H23N3O6S/c1-5-25-20(14-10-15(29-2)12-16(11-14)30-3)23-24-22(25)32-19(21(27)28)9-13-6-7-17(26)18(8-13)31-4/h6-12,26H,5H2,1-4H3,(H,27,28)/b19-9-. The molecule has 1 heterocycles. The Kier molecular flexibility index (Phi) is 7.26. The van der Waals surface area contributed by atoms with Crippen LogP contribution in [0.25, 0.3) is 17.5 Å². The molecule has 0 amide bonds. The van der Waals surface area contributed by atoms with Gasteiger partial charge < -0.3 is 29.0 Å². The molecule has 0 radical (unpaired) electrons. The molecule has 0 aliphatic heterocycles. The monoisotopic (exact) mass is 457 g/mol. The van der Waals surface area contributed by atoms with E-state index in [2.05, 4.69) is 10.2 Å². The van der Waals surface area contributed by atoms with Crippen molar-refractivity contribution < 1.29 is 29.2 Å². The average Bonchev–Trinajstić information content (AvgIpc) is 3.21. The maximum atomic E-state index is 11.9. The van der Waals surface area contributed by atoms with Crippen molar-refractivity contribution in [3.63, 3.8) is 0 Å². The molecule has 10 heteroatoms. The SMILES string of the molecule is CCn1c(S/C(=C\c2ccc(O)c(OC)c2)C(=O)O)nnc1-c1cc(OC)cc(OC)c1. The van der Waals surface area contributed by atoms with Crippen LogP contribution in [-0.2, 0) is 11.3 Å². The fourth-order valence-corrected chi connectivity index (χ4v) is 3.85. The molecule has 0 unspecified atom stereocenters. The number of nitrogens with zero attached hydrogens (tertiary/aromatic N) is 3. The number of aromatic hydroxyl groups is 1. The second kappa shape index (κ2) is 10.1. The van der Waals surface area contributed by atoms with E-state index in [1.807, 2.05) is 23.6 Å². The van der Waals surface area contributed by atoms with Crippen LogP contribution < -0.4 is 14.2 Å². The van der Waals surface area contributed by atoms with Crippen LogP contribution in [0.4, 0.5) is 0 Å². The lowest BCUT2D eigenvalue weighted by molar-refractivity contribution is -0.131. The molecule has 32 heavy (non-hydrogen) atoms. The van der Waals surface area contributed by atoms with Gasteiger partial charge in [-0.3, -0.25) is 0 Å². The predicted molar refractivity (Wildman–Crippen MR) is 120 cm³/mol. The third-order valence-corrected chi connectivity index (χ3v) is 5.55. The van der Waals surface area contributed by atoms with Crippen LogP contribution in [0.15, 0.2) is 46.5 Å². The van der Waals surface area contributed by atoms with Crippen molar-refractivity contribution in [3.05, 3.63) is 46.9 Å². The second-order valence-electron chi connectivity index (χ2n) is 6.50. The summed E-state index contributed by atoms with van der Waals surface area (Å²) >= 11 is 0.981. The van der Waals surface area contributed by atoms with Crippen molar-refractivity contribution in [3.8, 4) is 34.4 Å². The number of phenols is 1. The largest absolute Gasteiger partial charge is 0.504 e. The van der Waals surface area contributed by atoms with Gasteiger partial charge in [-0.15, -0.1) is 10.2 Å². The zero-order valence-corrected chi connectivity index (χ0v) is 18.8. The molecule has 3 aromatic rings. The van der Waals surface area contributed by atoms with E-state index in [0.717, 1.165) is 17.3 Å². The molecule has 0 aliphatic rings. The molecule has 0 bridgehead atoms. The molecular formula is C22H23N3O6S. The van der Waals surface area contributed by atoms with Crippen molar-refractivity contribution in [1.82, 2.24) is 14.8 Å². The summed E-state index contributed by atoms with van der Waals surface area (Å²) in [5.74, 6) is 0.872. The topological polar surface area (TPSA) is 116 Å². The van der Waals surface area contributed by atoms with Gasteiger partial charge >= 0.3 is 5.97 Å². The fraction of sp³-hybridized carbons (Fsp3) is 0.227. The lowest BCUT2D eigenvalue weighted by atomic mass is 10.2. The first-order valence-corrected chi connectivity index (χ1v) is 10.4. The minimum Gasteiger partial charge on any atom is -0.504 e. The van der Waals surface area contributed by atoms with Crippen LogP contribution in [-0.4, -0.2) is 52.3 Å². The maximum absolute atomic E-state index is 11.9. The first-order chi connectivity index (χ1) is 15.4. The smallest absolute Gasteiger partial charge is 0.342 e. The normalized spacial score (nSPS) is 11.3. The van der Waals surface area contributed by atoms with Gasteiger partial charge in [0, 0.05) is 18.2 Å². The molecule has 9 nitrogen and oxygen atoms in total. The van der Waals surface area contributed by atoms with Crippen molar-refractivity contribution in [2.45, 2.75) is 18.6 Å². The zero-order valence-electron chi connectivity index (χ0n) is 18.0. The second-order valence-corrected chi connectivity index (χ2v) is 7.51. The molecule has 0 saturated heterocycles. The molecule has 2 N–H and O–H groups in total. The molecule has 2 aromatic carbocycles. The Labute approximate surface area is 189 Å². The Bertz CT molecular complexity index is 1140. The van der Waals surface area contributed by atoms with Gasteiger partial charge in [0.05, 0.1) is 21.3 Å². The molecule has 0 spiro atoms. The Morgan fingerprint density at radius 2 is 1.75 bits per heavy atom. The Morgan fingerprint density at radius 1 is 1.06 bits per heavy atom. The molecule has 0 atom stereocenters. The number of aliphatic carboxylic acids is 1. The van der Waals surface area contributed by atoms with E-state index in [1.54, 1.807) is 32.4 Å². The van der Waals surface area contributed by atoms with Crippen molar-refractivity contribution in [2.24, 2.45) is 0 Å². The number of ether oxygens (including phenoxy) is 3. The number of benzene rings is 2. The number of carboxylic acids is 1. The highest BCUT2D eigenvalue weighted by atomic mass is 32.2. The Hall–Kier alpha value is -3.66. The molecule has 3 rings (SSSR count).